The van der Waals surface area contributed by atoms with E-state index in [1.54, 1.807) is 13.8 Å². The van der Waals surface area contributed by atoms with Crippen LogP contribution >= 0.6 is 0 Å². The van der Waals surface area contributed by atoms with Gasteiger partial charge in [-0.25, -0.2) is 4.39 Å². The number of rotatable bonds is 3. The fraction of sp³-hybridized carbons (Fsp3) is 0.875. The van der Waals surface area contributed by atoms with Crippen LogP contribution < -0.4 is 0 Å². The molecule has 0 bridgehead atoms. The van der Waals surface area contributed by atoms with E-state index in [4.69, 9.17) is 5.11 Å². The molecule has 0 spiro atoms. The first-order valence-corrected chi connectivity index (χ1v) is 3.67. The summed E-state index contributed by atoms with van der Waals surface area (Å²) < 4.78 is 13.2. The molecule has 0 radical (unpaired) electrons. The Morgan fingerprint density at radius 1 is 1.45 bits per heavy atom. The fourth-order valence-electron chi connectivity index (χ4n) is 0.951. The van der Waals surface area contributed by atoms with E-state index in [1.807, 2.05) is 0 Å². The smallest absolute Gasteiger partial charge is 0.312 e. The van der Waals surface area contributed by atoms with Gasteiger partial charge in [0.2, 0.25) is 0 Å². The molecule has 1 unspecified atom stereocenters. The lowest BCUT2D eigenvalue weighted by atomic mass is 9.82. The molecule has 0 aliphatic carbocycles. The van der Waals surface area contributed by atoms with Crippen molar-refractivity contribution in [3.63, 3.8) is 0 Å². The number of halogens is 1. The van der Waals surface area contributed by atoms with Gasteiger partial charge in [-0.3, -0.25) is 4.79 Å². The molecular formula is C8H15FO2. The highest BCUT2D eigenvalue weighted by Crippen LogP contribution is 2.28. The van der Waals surface area contributed by atoms with E-state index >= 15 is 0 Å². The SMILES string of the molecule is CC(C)C(F)C(C)(C)C(=O)O. The first kappa shape index (κ1) is 10.4. The first-order valence-electron chi connectivity index (χ1n) is 3.67. The molecule has 0 aliphatic rings. The van der Waals surface area contributed by atoms with Gasteiger partial charge in [0.15, 0.2) is 0 Å². The Morgan fingerprint density at radius 2 is 1.82 bits per heavy atom. The number of aliphatic carboxylic acids is 1. The Hall–Kier alpha value is -0.600. The highest BCUT2D eigenvalue weighted by molar-refractivity contribution is 5.74. The summed E-state index contributed by atoms with van der Waals surface area (Å²) in [5, 5.41) is 8.62. The molecule has 0 aliphatic heterocycles. The van der Waals surface area contributed by atoms with E-state index < -0.39 is 17.6 Å². The zero-order chi connectivity index (χ0) is 9.23. The number of carboxylic acid groups (broad SMARTS) is 1. The monoisotopic (exact) mass is 162 g/mol. The quantitative estimate of drug-likeness (QED) is 0.690. The maximum atomic E-state index is 13.2. The van der Waals surface area contributed by atoms with Gasteiger partial charge < -0.3 is 5.11 Å². The first-order chi connectivity index (χ1) is 4.80. The van der Waals surface area contributed by atoms with Gasteiger partial charge in [-0.05, 0) is 19.8 Å². The highest BCUT2D eigenvalue weighted by Gasteiger charge is 2.38. The van der Waals surface area contributed by atoms with Crippen LogP contribution in [-0.2, 0) is 4.79 Å². The normalized spacial score (nSPS) is 15.1. The predicted molar refractivity (Wildman–Crippen MR) is 41.2 cm³/mol. The van der Waals surface area contributed by atoms with Crippen molar-refractivity contribution in [1.82, 2.24) is 0 Å². The van der Waals surface area contributed by atoms with E-state index in [2.05, 4.69) is 0 Å². The van der Waals surface area contributed by atoms with Gasteiger partial charge in [0, 0.05) is 0 Å². The van der Waals surface area contributed by atoms with Crippen molar-refractivity contribution in [1.29, 1.82) is 0 Å². The van der Waals surface area contributed by atoms with Crippen molar-refractivity contribution < 1.29 is 14.3 Å². The molecule has 0 rings (SSSR count). The molecule has 1 atom stereocenters. The molecule has 2 nitrogen and oxygen atoms in total. The molecule has 11 heavy (non-hydrogen) atoms. The maximum absolute atomic E-state index is 13.2. The highest BCUT2D eigenvalue weighted by atomic mass is 19.1. The summed E-state index contributed by atoms with van der Waals surface area (Å²) in [5.41, 5.74) is -1.27. The Morgan fingerprint density at radius 3 is 1.91 bits per heavy atom. The second-order valence-electron chi connectivity index (χ2n) is 3.67. The van der Waals surface area contributed by atoms with Crippen LogP contribution in [-0.4, -0.2) is 17.2 Å². The number of hydrogen-bond acceptors (Lipinski definition) is 1. The fourth-order valence-corrected chi connectivity index (χ4v) is 0.951. The van der Waals surface area contributed by atoms with Crippen LogP contribution in [0.3, 0.4) is 0 Å². The second kappa shape index (κ2) is 3.20. The predicted octanol–water partition coefficient (Wildman–Crippen LogP) is 2.09. The summed E-state index contributed by atoms with van der Waals surface area (Å²) in [6.07, 6.45) is -1.29. The molecule has 0 aromatic heterocycles. The molecular weight excluding hydrogens is 147 g/mol. The Kier molecular flexibility index (Phi) is 3.02. The third-order valence-electron chi connectivity index (χ3n) is 1.83. The molecule has 0 aromatic rings. The Balaban J connectivity index is 4.42. The van der Waals surface area contributed by atoms with Crippen molar-refractivity contribution in [2.24, 2.45) is 11.3 Å². The molecule has 0 aromatic carbocycles. The number of hydrogen-bond donors (Lipinski definition) is 1. The van der Waals surface area contributed by atoms with Gasteiger partial charge in [0.1, 0.15) is 6.17 Å². The van der Waals surface area contributed by atoms with Crippen molar-refractivity contribution in [3.05, 3.63) is 0 Å². The van der Waals surface area contributed by atoms with Crippen molar-refractivity contribution in [3.8, 4) is 0 Å². The van der Waals surface area contributed by atoms with E-state index in [0.717, 1.165) is 0 Å². The van der Waals surface area contributed by atoms with Crippen LogP contribution in [0.5, 0.6) is 0 Å². The van der Waals surface area contributed by atoms with E-state index in [-0.39, 0.29) is 5.92 Å². The van der Waals surface area contributed by atoms with Gasteiger partial charge in [0.05, 0.1) is 5.41 Å². The zero-order valence-corrected chi connectivity index (χ0v) is 7.39. The molecule has 3 heteroatoms. The Labute approximate surface area is 66.4 Å². The molecule has 0 heterocycles. The lowest BCUT2D eigenvalue weighted by molar-refractivity contribution is -0.151. The number of carboxylic acids is 1. The third kappa shape index (κ3) is 2.17. The average molecular weight is 162 g/mol. The van der Waals surface area contributed by atoms with Gasteiger partial charge in [0.25, 0.3) is 0 Å². The van der Waals surface area contributed by atoms with Crippen LogP contribution in [0, 0.1) is 11.3 Å². The van der Waals surface area contributed by atoms with Crippen LogP contribution in [0.4, 0.5) is 4.39 Å². The minimum absolute atomic E-state index is 0.249. The molecule has 0 saturated heterocycles. The van der Waals surface area contributed by atoms with Crippen LogP contribution in [0.2, 0.25) is 0 Å². The summed E-state index contributed by atoms with van der Waals surface area (Å²) in [6.45, 7) is 6.16. The lowest BCUT2D eigenvalue weighted by Gasteiger charge is -2.26. The zero-order valence-electron chi connectivity index (χ0n) is 7.39. The van der Waals surface area contributed by atoms with Gasteiger partial charge in [-0.1, -0.05) is 13.8 Å². The number of alkyl halides is 1. The molecule has 1 N–H and O–H groups in total. The summed E-state index contributed by atoms with van der Waals surface area (Å²) in [5.74, 6) is -1.33. The van der Waals surface area contributed by atoms with E-state index in [1.165, 1.54) is 13.8 Å². The molecule has 66 valence electrons. The standard InChI is InChI=1S/C8H15FO2/c1-5(2)6(9)8(3,4)7(10)11/h5-6H,1-4H3,(H,10,11). The molecule has 0 amide bonds. The average Bonchev–Trinajstić information content (AvgIpc) is 1.85. The van der Waals surface area contributed by atoms with Gasteiger partial charge in [-0.2, -0.15) is 0 Å². The third-order valence-corrected chi connectivity index (χ3v) is 1.83. The van der Waals surface area contributed by atoms with Gasteiger partial charge in [-0.15, -0.1) is 0 Å². The van der Waals surface area contributed by atoms with Crippen molar-refractivity contribution >= 4 is 5.97 Å². The van der Waals surface area contributed by atoms with Crippen LogP contribution in [0.15, 0.2) is 0 Å². The summed E-state index contributed by atoms with van der Waals surface area (Å²) in [6, 6.07) is 0. The van der Waals surface area contributed by atoms with Gasteiger partial charge >= 0.3 is 5.97 Å². The summed E-state index contributed by atoms with van der Waals surface area (Å²) in [4.78, 5) is 10.5. The van der Waals surface area contributed by atoms with E-state index in [9.17, 15) is 9.18 Å². The topological polar surface area (TPSA) is 37.3 Å². The largest absolute Gasteiger partial charge is 0.481 e. The Bertz CT molecular complexity index is 152. The van der Waals surface area contributed by atoms with E-state index in [0.29, 0.717) is 0 Å². The second-order valence-corrected chi connectivity index (χ2v) is 3.67. The van der Waals surface area contributed by atoms with Crippen LogP contribution in [0.25, 0.3) is 0 Å². The summed E-state index contributed by atoms with van der Waals surface area (Å²) >= 11 is 0. The van der Waals surface area contributed by atoms with Crippen molar-refractivity contribution in [2.45, 2.75) is 33.9 Å². The molecule has 0 saturated carbocycles. The minimum Gasteiger partial charge on any atom is -0.481 e. The van der Waals surface area contributed by atoms with Crippen molar-refractivity contribution in [2.75, 3.05) is 0 Å². The molecule has 0 fully saturated rings. The maximum Gasteiger partial charge on any atom is 0.312 e. The number of carbonyl (C=O) groups is 1. The lowest BCUT2D eigenvalue weighted by Crippen LogP contribution is -2.37. The minimum atomic E-state index is -1.29. The summed E-state index contributed by atoms with van der Waals surface area (Å²) in [7, 11) is 0. The van der Waals surface area contributed by atoms with Crippen LogP contribution in [0.1, 0.15) is 27.7 Å².